The Hall–Kier alpha value is -1.47. The summed E-state index contributed by atoms with van der Waals surface area (Å²) >= 11 is 0. The Morgan fingerprint density at radius 2 is 2.12 bits per heavy atom. The number of piperidine rings is 1. The Balaban J connectivity index is 1.53. The van der Waals surface area contributed by atoms with E-state index in [0.29, 0.717) is 24.5 Å². The van der Waals surface area contributed by atoms with E-state index in [-0.39, 0.29) is 12.6 Å². The fraction of sp³-hybridized carbons (Fsp3) is 0.846. The Bertz CT molecular complexity index is 642. The van der Waals surface area contributed by atoms with Crippen LogP contribution >= 0.6 is 0 Å². The van der Waals surface area contributed by atoms with Gasteiger partial charge in [-0.15, -0.1) is 4.28 Å². The molecule has 142 valence electrons. The quantitative estimate of drug-likeness (QED) is 0.451. The van der Waals surface area contributed by atoms with Gasteiger partial charge in [-0.1, -0.05) is 0 Å². The van der Waals surface area contributed by atoms with Gasteiger partial charge in [0.1, 0.15) is 6.04 Å². The first kappa shape index (κ1) is 18.3. The van der Waals surface area contributed by atoms with E-state index in [1.807, 2.05) is 7.05 Å². The highest BCUT2D eigenvalue weighted by Gasteiger charge is 2.49. The Morgan fingerprint density at radius 3 is 2.76 bits per heavy atom. The highest BCUT2D eigenvalue weighted by molar-refractivity contribution is 7.80. The minimum Gasteiger partial charge on any atom is -0.309 e. The van der Waals surface area contributed by atoms with Crippen molar-refractivity contribution in [3.8, 4) is 0 Å². The molecular formula is C13H22N4O7S. The molecule has 2 bridgehead atoms. The van der Waals surface area contributed by atoms with Crippen molar-refractivity contribution in [2.24, 2.45) is 0 Å². The number of nitrogens with one attached hydrogen (secondary N) is 1. The van der Waals surface area contributed by atoms with Gasteiger partial charge in [-0.25, -0.2) is 10.3 Å². The molecule has 0 aromatic heterocycles. The molecule has 12 heteroatoms. The number of hydroxylamine groups is 3. The summed E-state index contributed by atoms with van der Waals surface area (Å²) in [4.78, 5) is 33.2. The van der Waals surface area contributed by atoms with Crippen LogP contribution in [0.3, 0.4) is 0 Å². The molecule has 3 fully saturated rings. The van der Waals surface area contributed by atoms with Gasteiger partial charge in [0.15, 0.2) is 0 Å². The second-order valence-electron chi connectivity index (χ2n) is 6.56. The summed E-state index contributed by atoms with van der Waals surface area (Å²) in [7, 11) is -2.80. The normalized spacial score (nSPS) is 30.2. The molecule has 0 spiro atoms. The van der Waals surface area contributed by atoms with Crippen molar-refractivity contribution >= 4 is 22.3 Å². The molecule has 0 saturated carbocycles. The van der Waals surface area contributed by atoms with E-state index in [9.17, 15) is 18.0 Å². The first-order valence-electron chi connectivity index (χ1n) is 8.15. The number of nitrogens with zero attached hydrogens (tertiary/aromatic N) is 3. The minimum absolute atomic E-state index is 0.151. The fourth-order valence-electron chi connectivity index (χ4n) is 3.57. The van der Waals surface area contributed by atoms with Crippen LogP contribution < -0.4 is 5.48 Å². The molecule has 3 aliphatic heterocycles. The second-order valence-corrected chi connectivity index (χ2v) is 7.57. The standard InChI is InChI=1S/C13H22N4O7S/c1-15-6-2-3-10(15)8-23-14-12(18)11-5-4-9-7-16(11)13(19)17(9)24-25(20,21)22/h9-11H,2-8H2,1H3,(H,14,18)(H,20,21,22)/t9?,10?,11-/m0/s1. The third kappa shape index (κ3) is 4.03. The number of likely N-dealkylation sites (N-methyl/N-ethyl adjacent to an activating group) is 1. The first-order valence-corrected chi connectivity index (χ1v) is 9.51. The Kier molecular flexibility index (Phi) is 5.16. The van der Waals surface area contributed by atoms with Gasteiger partial charge in [-0.2, -0.15) is 13.5 Å². The lowest BCUT2D eigenvalue weighted by Crippen LogP contribution is -2.50. The highest BCUT2D eigenvalue weighted by Crippen LogP contribution is 2.30. The average molecular weight is 378 g/mol. The van der Waals surface area contributed by atoms with Crippen LogP contribution in [0.25, 0.3) is 0 Å². The number of rotatable bonds is 6. The lowest BCUT2D eigenvalue weighted by atomic mass is 10.0. The van der Waals surface area contributed by atoms with Crippen LogP contribution in [0, 0.1) is 0 Å². The summed E-state index contributed by atoms with van der Waals surface area (Å²) in [5.41, 5.74) is 2.38. The van der Waals surface area contributed by atoms with Gasteiger partial charge < -0.3 is 9.80 Å². The lowest BCUT2D eigenvalue weighted by Gasteiger charge is -2.29. The monoisotopic (exact) mass is 378 g/mol. The summed E-state index contributed by atoms with van der Waals surface area (Å²) in [6, 6.07) is -1.80. The topological polar surface area (TPSA) is 129 Å². The Morgan fingerprint density at radius 1 is 1.36 bits per heavy atom. The molecule has 0 aliphatic carbocycles. The molecule has 3 aliphatic rings. The van der Waals surface area contributed by atoms with Gasteiger partial charge in [-0.3, -0.25) is 14.2 Å². The number of likely N-dealkylation sites (tertiary alicyclic amines) is 1. The second kappa shape index (κ2) is 7.03. The molecule has 3 saturated heterocycles. The van der Waals surface area contributed by atoms with Gasteiger partial charge in [-0.05, 0) is 39.3 Å². The van der Waals surface area contributed by atoms with E-state index in [2.05, 4.69) is 14.7 Å². The molecule has 3 rings (SSSR count). The predicted octanol–water partition coefficient (Wildman–Crippen LogP) is -0.869. The van der Waals surface area contributed by atoms with Crippen LogP contribution in [-0.4, -0.2) is 84.6 Å². The van der Waals surface area contributed by atoms with Gasteiger partial charge in [0.25, 0.3) is 5.91 Å². The van der Waals surface area contributed by atoms with Crippen LogP contribution in [0.5, 0.6) is 0 Å². The summed E-state index contributed by atoms with van der Waals surface area (Å²) in [5.74, 6) is -0.457. The number of hydrogen-bond acceptors (Lipinski definition) is 7. The van der Waals surface area contributed by atoms with Crippen LogP contribution in [0.15, 0.2) is 0 Å². The summed E-state index contributed by atoms with van der Waals surface area (Å²) in [5, 5.41) is 0.608. The zero-order chi connectivity index (χ0) is 18.2. The van der Waals surface area contributed by atoms with E-state index in [0.717, 1.165) is 19.4 Å². The molecular weight excluding hydrogens is 356 g/mol. The molecule has 25 heavy (non-hydrogen) atoms. The van der Waals surface area contributed by atoms with E-state index >= 15 is 0 Å². The third-order valence-corrected chi connectivity index (χ3v) is 5.27. The maximum absolute atomic E-state index is 12.3. The molecule has 3 atom stereocenters. The fourth-order valence-corrected chi connectivity index (χ4v) is 3.96. The Labute approximate surface area is 145 Å². The lowest BCUT2D eigenvalue weighted by molar-refractivity contribution is -0.140. The van der Waals surface area contributed by atoms with Crippen LogP contribution in [0.2, 0.25) is 0 Å². The van der Waals surface area contributed by atoms with E-state index < -0.39 is 34.4 Å². The molecule has 0 radical (unpaired) electrons. The SMILES string of the molecule is CN1CCCC1CONC(=O)[C@@H]1CCC2CN1C(=O)N2OS(=O)(=O)O. The molecule has 3 amide bonds. The van der Waals surface area contributed by atoms with Crippen molar-refractivity contribution in [2.45, 2.75) is 43.8 Å². The van der Waals surface area contributed by atoms with Crippen molar-refractivity contribution in [3.63, 3.8) is 0 Å². The maximum atomic E-state index is 12.3. The van der Waals surface area contributed by atoms with Gasteiger partial charge >= 0.3 is 16.4 Å². The minimum atomic E-state index is -4.80. The number of hydrogen-bond donors (Lipinski definition) is 2. The summed E-state index contributed by atoms with van der Waals surface area (Å²) < 4.78 is 34.8. The summed E-state index contributed by atoms with van der Waals surface area (Å²) in [6.07, 6.45) is 2.82. The molecule has 0 aromatic carbocycles. The van der Waals surface area contributed by atoms with Crippen molar-refractivity contribution < 1.29 is 31.7 Å². The zero-order valence-corrected chi connectivity index (χ0v) is 14.6. The third-order valence-electron chi connectivity index (χ3n) is 4.92. The first-order chi connectivity index (χ1) is 11.8. The van der Waals surface area contributed by atoms with Gasteiger partial charge in [0.05, 0.1) is 12.6 Å². The smallest absolute Gasteiger partial charge is 0.309 e. The van der Waals surface area contributed by atoms with Crippen molar-refractivity contribution in [2.75, 3.05) is 26.7 Å². The van der Waals surface area contributed by atoms with E-state index in [1.54, 1.807) is 0 Å². The zero-order valence-electron chi connectivity index (χ0n) is 13.8. The van der Waals surface area contributed by atoms with Crippen LogP contribution in [-0.2, 0) is 24.3 Å². The number of fused-ring (bicyclic) bond motifs is 2. The van der Waals surface area contributed by atoms with Crippen LogP contribution in [0.4, 0.5) is 4.79 Å². The van der Waals surface area contributed by atoms with Crippen molar-refractivity contribution in [1.82, 2.24) is 20.3 Å². The molecule has 2 N–H and O–H groups in total. The van der Waals surface area contributed by atoms with E-state index in [4.69, 9.17) is 9.39 Å². The van der Waals surface area contributed by atoms with Gasteiger partial charge in [0, 0.05) is 12.6 Å². The average Bonchev–Trinajstić information content (AvgIpc) is 3.04. The molecule has 3 heterocycles. The van der Waals surface area contributed by atoms with Gasteiger partial charge in [0.2, 0.25) is 0 Å². The van der Waals surface area contributed by atoms with E-state index in [1.165, 1.54) is 4.90 Å². The summed E-state index contributed by atoms with van der Waals surface area (Å²) in [6.45, 7) is 1.51. The largest absolute Gasteiger partial charge is 0.418 e. The van der Waals surface area contributed by atoms with Crippen molar-refractivity contribution in [1.29, 1.82) is 0 Å². The predicted molar refractivity (Wildman–Crippen MR) is 83.1 cm³/mol. The maximum Gasteiger partial charge on any atom is 0.418 e. The molecule has 2 unspecified atom stereocenters. The number of amides is 3. The molecule has 11 nitrogen and oxygen atoms in total. The highest BCUT2D eigenvalue weighted by atomic mass is 32.3. The number of carbonyl (C=O) groups excluding carboxylic acids is 2. The number of carbonyl (C=O) groups is 2. The molecule has 0 aromatic rings. The van der Waals surface area contributed by atoms with Crippen molar-refractivity contribution in [3.05, 3.63) is 0 Å². The number of urea groups is 1. The van der Waals surface area contributed by atoms with Crippen LogP contribution in [0.1, 0.15) is 25.7 Å².